The predicted octanol–water partition coefficient (Wildman–Crippen LogP) is 3.99. The third-order valence-corrected chi connectivity index (χ3v) is 5.44. The van der Waals surface area contributed by atoms with E-state index in [2.05, 4.69) is 10.1 Å². The van der Waals surface area contributed by atoms with Crippen LogP contribution in [0.15, 0.2) is 47.0 Å². The molecule has 1 atom stereocenters. The maximum absolute atomic E-state index is 12.6. The number of halogens is 1. The molecule has 1 saturated heterocycles. The Hall–Kier alpha value is -2.90. The van der Waals surface area contributed by atoms with E-state index < -0.39 is 6.10 Å². The van der Waals surface area contributed by atoms with Gasteiger partial charge in [0.25, 0.3) is 11.8 Å². The minimum atomic E-state index is -0.467. The van der Waals surface area contributed by atoms with Crippen molar-refractivity contribution in [2.45, 2.75) is 20.0 Å². The number of aryl methyl sites for hydroxylation is 2. The number of carbonyl (C=O) groups excluding carboxylic acids is 1. The molecule has 1 amide bonds. The Morgan fingerprint density at radius 3 is 2.87 bits per heavy atom. The molecule has 0 saturated carbocycles. The van der Waals surface area contributed by atoms with E-state index in [1.54, 1.807) is 17.0 Å². The molecule has 2 aromatic carbocycles. The second-order valence-electron chi connectivity index (χ2n) is 7.17. The summed E-state index contributed by atoms with van der Waals surface area (Å²) in [6.45, 7) is 5.02. The molecule has 0 spiro atoms. The molecule has 30 heavy (non-hydrogen) atoms. The van der Waals surface area contributed by atoms with Gasteiger partial charge in [-0.05, 0) is 43.2 Å². The van der Waals surface area contributed by atoms with Gasteiger partial charge in [0, 0.05) is 17.1 Å². The summed E-state index contributed by atoms with van der Waals surface area (Å²) in [5.74, 6) is 1.35. The summed E-state index contributed by atoms with van der Waals surface area (Å²) in [6, 6.07) is 13.1. The Morgan fingerprint density at radius 2 is 2.07 bits per heavy atom. The largest absolute Gasteiger partial charge is 0.484 e. The van der Waals surface area contributed by atoms with Crippen LogP contribution in [0, 0.1) is 13.8 Å². The van der Waals surface area contributed by atoms with Crippen molar-refractivity contribution in [3.8, 4) is 17.1 Å². The number of carbonyl (C=O) groups is 1. The zero-order valence-electron chi connectivity index (χ0n) is 16.8. The van der Waals surface area contributed by atoms with Gasteiger partial charge in [-0.2, -0.15) is 4.98 Å². The number of hydrogen-bond donors (Lipinski definition) is 0. The Labute approximate surface area is 179 Å². The van der Waals surface area contributed by atoms with E-state index in [0.29, 0.717) is 42.2 Å². The normalized spacial score (nSPS) is 16.5. The highest BCUT2D eigenvalue weighted by molar-refractivity contribution is 6.31. The molecule has 0 N–H and O–H groups in total. The van der Waals surface area contributed by atoms with Crippen LogP contribution in [0.4, 0.5) is 0 Å². The fourth-order valence-corrected chi connectivity index (χ4v) is 3.39. The molecule has 7 nitrogen and oxygen atoms in total. The van der Waals surface area contributed by atoms with E-state index in [-0.39, 0.29) is 12.5 Å². The molecule has 3 aromatic rings. The molecule has 4 rings (SSSR count). The Morgan fingerprint density at radius 1 is 1.23 bits per heavy atom. The van der Waals surface area contributed by atoms with Gasteiger partial charge in [-0.25, -0.2) is 0 Å². The van der Waals surface area contributed by atoms with E-state index in [9.17, 15) is 4.79 Å². The summed E-state index contributed by atoms with van der Waals surface area (Å²) in [4.78, 5) is 18.8. The fourth-order valence-electron chi connectivity index (χ4n) is 3.27. The van der Waals surface area contributed by atoms with E-state index in [1.807, 2.05) is 44.2 Å². The molecule has 1 aliphatic heterocycles. The molecule has 0 bridgehead atoms. The summed E-state index contributed by atoms with van der Waals surface area (Å²) in [6.07, 6.45) is -0.467. The SMILES string of the molecule is Cc1cc(OCC(=O)N2CCOC(c3nc(-c4ccccc4C)no3)C2)ccc1Cl. The number of nitrogens with zero attached hydrogens (tertiary/aromatic N) is 3. The summed E-state index contributed by atoms with van der Waals surface area (Å²) in [7, 11) is 0. The minimum Gasteiger partial charge on any atom is -0.484 e. The first-order valence-electron chi connectivity index (χ1n) is 9.69. The average molecular weight is 428 g/mol. The lowest BCUT2D eigenvalue weighted by Gasteiger charge is -2.31. The van der Waals surface area contributed by atoms with Gasteiger partial charge in [-0.1, -0.05) is 41.0 Å². The molecule has 1 aliphatic rings. The van der Waals surface area contributed by atoms with Crippen molar-refractivity contribution in [1.29, 1.82) is 0 Å². The molecular formula is C22H22ClN3O4. The van der Waals surface area contributed by atoms with Gasteiger partial charge in [0.1, 0.15) is 5.75 Å². The zero-order chi connectivity index (χ0) is 21.1. The Bertz CT molecular complexity index is 1050. The van der Waals surface area contributed by atoms with Crippen LogP contribution in [-0.2, 0) is 9.53 Å². The second kappa shape index (κ2) is 8.85. The number of morpholine rings is 1. The highest BCUT2D eigenvalue weighted by Gasteiger charge is 2.30. The van der Waals surface area contributed by atoms with Crippen LogP contribution in [0.2, 0.25) is 5.02 Å². The van der Waals surface area contributed by atoms with Gasteiger partial charge in [0.2, 0.25) is 5.82 Å². The van der Waals surface area contributed by atoms with E-state index in [1.165, 1.54) is 0 Å². The number of rotatable bonds is 5. The molecule has 0 aliphatic carbocycles. The first kappa shape index (κ1) is 20.4. The molecule has 0 radical (unpaired) electrons. The number of hydrogen-bond acceptors (Lipinski definition) is 6. The van der Waals surface area contributed by atoms with Crippen molar-refractivity contribution in [2.75, 3.05) is 26.3 Å². The van der Waals surface area contributed by atoms with Gasteiger partial charge in [0.15, 0.2) is 12.7 Å². The quantitative estimate of drug-likeness (QED) is 0.612. The topological polar surface area (TPSA) is 77.7 Å². The smallest absolute Gasteiger partial charge is 0.260 e. The molecule has 2 heterocycles. The van der Waals surface area contributed by atoms with Crippen molar-refractivity contribution in [3.05, 3.63) is 64.5 Å². The van der Waals surface area contributed by atoms with Crippen LogP contribution in [-0.4, -0.2) is 47.3 Å². The van der Waals surface area contributed by atoms with Crippen LogP contribution < -0.4 is 4.74 Å². The number of amides is 1. The Balaban J connectivity index is 1.39. The van der Waals surface area contributed by atoms with Crippen molar-refractivity contribution < 1.29 is 18.8 Å². The lowest BCUT2D eigenvalue weighted by atomic mass is 10.1. The molecule has 1 fully saturated rings. The average Bonchev–Trinajstić information content (AvgIpc) is 3.25. The summed E-state index contributed by atoms with van der Waals surface area (Å²) in [5, 5.41) is 4.74. The number of ether oxygens (including phenoxy) is 2. The maximum atomic E-state index is 12.6. The van der Waals surface area contributed by atoms with Crippen LogP contribution in [0.25, 0.3) is 11.4 Å². The van der Waals surface area contributed by atoms with Crippen molar-refractivity contribution in [2.24, 2.45) is 0 Å². The number of benzene rings is 2. The standard InChI is InChI=1S/C22H22ClN3O4/c1-14-5-3-4-6-17(14)21-24-22(30-25-21)19-12-26(9-10-28-19)20(27)13-29-16-7-8-18(23)15(2)11-16/h3-8,11,19H,9-10,12-13H2,1-2H3. The maximum Gasteiger partial charge on any atom is 0.260 e. The highest BCUT2D eigenvalue weighted by Crippen LogP contribution is 2.26. The van der Waals surface area contributed by atoms with Crippen molar-refractivity contribution >= 4 is 17.5 Å². The third kappa shape index (κ3) is 4.47. The minimum absolute atomic E-state index is 0.0634. The monoisotopic (exact) mass is 427 g/mol. The van der Waals surface area contributed by atoms with Crippen molar-refractivity contribution in [1.82, 2.24) is 15.0 Å². The van der Waals surface area contributed by atoms with E-state index in [4.69, 9.17) is 25.6 Å². The predicted molar refractivity (Wildman–Crippen MR) is 111 cm³/mol. The molecule has 1 unspecified atom stereocenters. The molecule has 8 heteroatoms. The Kier molecular flexibility index (Phi) is 6.01. The van der Waals surface area contributed by atoms with E-state index >= 15 is 0 Å². The van der Waals surface area contributed by atoms with Gasteiger partial charge in [-0.15, -0.1) is 0 Å². The summed E-state index contributed by atoms with van der Waals surface area (Å²) >= 11 is 6.02. The van der Waals surface area contributed by atoms with Gasteiger partial charge in [-0.3, -0.25) is 4.79 Å². The van der Waals surface area contributed by atoms with Crippen LogP contribution in [0.3, 0.4) is 0 Å². The van der Waals surface area contributed by atoms with Gasteiger partial charge >= 0.3 is 0 Å². The van der Waals surface area contributed by atoms with Crippen LogP contribution in [0.1, 0.15) is 23.1 Å². The fraction of sp³-hybridized carbons (Fsp3) is 0.318. The second-order valence-corrected chi connectivity index (χ2v) is 7.58. The summed E-state index contributed by atoms with van der Waals surface area (Å²) in [5.41, 5.74) is 2.86. The van der Waals surface area contributed by atoms with Gasteiger partial charge < -0.3 is 18.9 Å². The van der Waals surface area contributed by atoms with E-state index in [0.717, 1.165) is 16.7 Å². The number of aromatic nitrogens is 2. The van der Waals surface area contributed by atoms with Crippen LogP contribution in [0.5, 0.6) is 5.75 Å². The third-order valence-electron chi connectivity index (χ3n) is 5.01. The van der Waals surface area contributed by atoms with Crippen LogP contribution >= 0.6 is 11.6 Å². The molecule has 1 aromatic heterocycles. The lowest BCUT2D eigenvalue weighted by Crippen LogP contribution is -2.44. The molecule has 156 valence electrons. The van der Waals surface area contributed by atoms with Gasteiger partial charge in [0.05, 0.1) is 13.2 Å². The first-order chi connectivity index (χ1) is 14.5. The summed E-state index contributed by atoms with van der Waals surface area (Å²) < 4.78 is 16.8. The first-order valence-corrected chi connectivity index (χ1v) is 10.1. The lowest BCUT2D eigenvalue weighted by molar-refractivity contribution is -0.142. The molecular weight excluding hydrogens is 406 g/mol. The zero-order valence-corrected chi connectivity index (χ0v) is 17.6. The highest BCUT2D eigenvalue weighted by atomic mass is 35.5. The van der Waals surface area contributed by atoms with Crippen molar-refractivity contribution in [3.63, 3.8) is 0 Å².